The van der Waals surface area contributed by atoms with Crippen LogP contribution in [0.25, 0.3) is 0 Å². The van der Waals surface area contributed by atoms with Gasteiger partial charge in [-0.15, -0.1) is 0 Å². The Hall–Kier alpha value is -12.1. The highest BCUT2D eigenvalue weighted by molar-refractivity contribution is 7.82. The summed E-state index contributed by atoms with van der Waals surface area (Å²) in [6, 6.07) is 171. The minimum atomic E-state index is -0.912. The first-order valence-electron chi connectivity index (χ1n) is 45.1. The van der Waals surface area contributed by atoms with Crippen LogP contribution in [-0.4, -0.2) is 0 Å². The highest BCUT2D eigenvalue weighted by Gasteiger charge is 2.44. The van der Waals surface area contributed by atoms with E-state index in [1.54, 1.807) is 0 Å². The maximum absolute atomic E-state index is 7.59. The monoisotopic (exact) mass is 1810 g/mol. The van der Waals surface area contributed by atoms with E-state index in [0.717, 1.165) is 34.5 Å². The van der Waals surface area contributed by atoms with Crippen LogP contribution in [0.5, 0.6) is 34.5 Å². The zero-order chi connectivity index (χ0) is 90.1. The molecule has 0 fully saturated rings. The van der Waals surface area contributed by atoms with E-state index in [-0.39, 0.29) is 21.7 Å². The van der Waals surface area contributed by atoms with Crippen LogP contribution in [0, 0.1) is 0 Å². The van der Waals surface area contributed by atoms with Crippen LogP contribution in [0.4, 0.5) is 0 Å². The van der Waals surface area contributed by atoms with Crippen molar-refractivity contribution in [1.29, 1.82) is 0 Å². The number of hydrogen-bond acceptors (Lipinski definition) is 3. The third-order valence-electron chi connectivity index (χ3n) is 24.5. The topological polar surface area (TPSA) is 27.7 Å². The predicted molar refractivity (Wildman–Crippen MR) is 573 cm³/mol. The van der Waals surface area contributed by atoms with Crippen molar-refractivity contribution < 1.29 is 14.2 Å². The van der Waals surface area contributed by atoms with Crippen LogP contribution in [0.15, 0.2) is 473 Å². The van der Waals surface area contributed by atoms with Gasteiger partial charge >= 0.3 is 0 Å². The Morgan fingerprint density at radius 1 is 0.183 bits per heavy atom. The number of benzene rings is 18. The second kappa shape index (κ2) is 39.9. The normalized spacial score (nSPS) is 12.9. The molecule has 0 amide bonds. The molecule has 20 rings (SSSR count). The van der Waals surface area contributed by atoms with Crippen molar-refractivity contribution in [3.63, 3.8) is 0 Å². The molecular formula is C122H108O3P6. The van der Waals surface area contributed by atoms with Crippen LogP contribution >= 0.6 is 47.5 Å². The van der Waals surface area contributed by atoms with Crippen molar-refractivity contribution in [3.05, 3.63) is 507 Å². The Morgan fingerprint density at radius 2 is 0.359 bits per heavy atom. The van der Waals surface area contributed by atoms with Crippen molar-refractivity contribution in [2.75, 3.05) is 0 Å². The van der Waals surface area contributed by atoms with Gasteiger partial charge in [-0.3, -0.25) is 0 Å². The Morgan fingerprint density at radius 3 is 0.580 bits per heavy atom. The second-order valence-corrected chi connectivity index (χ2v) is 49.2. The summed E-state index contributed by atoms with van der Waals surface area (Å²) in [4.78, 5) is 0. The Labute approximate surface area is 783 Å². The van der Waals surface area contributed by atoms with E-state index in [1.165, 1.54) is 129 Å². The molecule has 3 nitrogen and oxygen atoms in total. The molecule has 18 aromatic carbocycles. The summed E-state index contributed by atoms with van der Waals surface area (Å²) in [7, 11) is -5.06. The summed E-state index contributed by atoms with van der Waals surface area (Å²) >= 11 is 0. The molecule has 0 spiro atoms. The maximum Gasteiger partial charge on any atom is 0.139 e. The van der Waals surface area contributed by atoms with Gasteiger partial charge in [0.1, 0.15) is 34.5 Å². The second-order valence-electron chi connectivity index (χ2n) is 36.1. The molecule has 0 atom stereocenters. The van der Waals surface area contributed by atoms with Gasteiger partial charge in [0.15, 0.2) is 0 Å². The number of para-hydroxylation sites is 4. The van der Waals surface area contributed by atoms with Crippen molar-refractivity contribution in [2.24, 2.45) is 0 Å². The lowest BCUT2D eigenvalue weighted by Gasteiger charge is -2.41. The van der Waals surface area contributed by atoms with Crippen molar-refractivity contribution in [2.45, 2.75) is 90.9 Å². The van der Waals surface area contributed by atoms with Gasteiger partial charge in [-0.2, -0.15) is 0 Å². The molecular weight excluding hydrogens is 1700 g/mol. The summed E-state index contributed by atoms with van der Waals surface area (Å²) in [6.45, 7) is 23.5. The minimum absolute atomic E-state index is 0.0398. The fraction of sp³-hybridized carbons (Fsp3) is 0.115. The summed E-state index contributed by atoms with van der Waals surface area (Å²) < 4.78 is 21.8. The van der Waals surface area contributed by atoms with E-state index in [4.69, 9.17) is 14.2 Å². The quantitative estimate of drug-likeness (QED) is 0.0712. The van der Waals surface area contributed by atoms with Gasteiger partial charge in [-0.1, -0.05) is 518 Å². The van der Waals surface area contributed by atoms with E-state index in [1.807, 2.05) is 0 Å². The maximum atomic E-state index is 7.59. The summed E-state index contributed by atoms with van der Waals surface area (Å²) in [6.07, 6.45) is 0. The van der Waals surface area contributed by atoms with Crippen LogP contribution in [-0.2, 0) is 21.7 Å². The Kier molecular flexibility index (Phi) is 27.3. The first-order chi connectivity index (χ1) is 63.8. The Bertz CT molecular complexity index is 6220. The molecule has 2 heterocycles. The lowest BCUT2D eigenvalue weighted by atomic mass is 9.72. The smallest absolute Gasteiger partial charge is 0.139 e. The van der Waals surface area contributed by atoms with E-state index in [2.05, 4.69) is 542 Å². The molecule has 9 heteroatoms. The lowest BCUT2D eigenvalue weighted by Crippen LogP contribution is -2.35. The summed E-state index contributed by atoms with van der Waals surface area (Å²) in [5.41, 5.74) is 7.10. The summed E-state index contributed by atoms with van der Waals surface area (Å²) in [5, 5.41) is 23.3. The van der Waals surface area contributed by atoms with E-state index in [9.17, 15) is 0 Å². The molecule has 18 aromatic rings. The molecule has 0 bridgehead atoms. The molecule has 644 valence electrons. The third-order valence-corrected chi connectivity index (χ3v) is 39.3. The molecule has 131 heavy (non-hydrogen) atoms. The fourth-order valence-corrected chi connectivity index (χ4v) is 32.1. The average molecular weight is 1810 g/mol. The van der Waals surface area contributed by atoms with E-state index >= 15 is 0 Å². The van der Waals surface area contributed by atoms with Gasteiger partial charge in [0.2, 0.25) is 0 Å². The first-order valence-corrected chi connectivity index (χ1v) is 53.2. The minimum Gasteiger partial charge on any atom is -0.456 e. The molecule has 0 saturated heterocycles. The van der Waals surface area contributed by atoms with Crippen LogP contribution in [0.2, 0.25) is 0 Å². The molecule has 0 aromatic heterocycles. The largest absolute Gasteiger partial charge is 0.456 e. The van der Waals surface area contributed by atoms with Gasteiger partial charge < -0.3 is 14.2 Å². The number of rotatable bonds is 20. The fourth-order valence-electron chi connectivity index (χ4n) is 17.7. The number of hydrogen-bond donors (Lipinski definition) is 0. The van der Waals surface area contributed by atoms with Crippen molar-refractivity contribution in [3.8, 4) is 34.5 Å². The number of fused-ring (bicyclic) bond motifs is 4. The van der Waals surface area contributed by atoms with Gasteiger partial charge in [-0.25, -0.2) is 0 Å². The Balaban J connectivity index is 0.000000133. The zero-order valence-electron chi connectivity index (χ0n) is 75.9. The first kappa shape index (κ1) is 89.5. The van der Waals surface area contributed by atoms with Gasteiger partial charge in [-0.05, 0) is 157 Å². The van der Waals surface area contributed by atoms with Crippen LogP contribution in [0.1, 0.15) is 103 Å². The van der Waals surface area contributed by atoms with Crippen LogP contribution in [0.3, 0.4) is 0 Å². The van der Waals surface area contributed by atoms with Gasteiger partial charge in [0.25, 0.3) is 0 Å². The molecule has 0 radical (unpaired) electrons. The van der Waals surface area contributed by atoms with Crippen LogP contribution < -0.4 is 110 Å². The third kappa shape index (κ3) is 19.4. The van der Waals surface area contributed by atoms with E-state index in [0.29, 0.717) is 0 Å². The molecule has 0 N–H and O–H groups in total. The number of ether oxygens (including phenoxy) is 3. The highest BCUT2D eigenvalue weighted by atomic mass is 31.1. The predicted octanol–water partition coefficient (Wildman–Crippen LogP) is 24.9. The SMILES string of the molecule is CC(C)(C)c1cc(P(c2ccccc2)c2ccccc2)c2c(c1)C(C)(C)c1cc(C(C)(C)C)cc(P(c3ccccc3)c3ccccc3)c1O2.CC1(C)c2cccc(P(c3ccccc3)c3ccccc3)c2Oc2c(P(c3ccccc3)c3ccccc3)cccc21.c1ccc(P(c2ccccc2)c2ccccc2Oc2ccccc2P(c2ccccc2)c2ccccc2)cc1. The lowest BCUT2D eigenvalue weighted by molar-refractivity contribution is 0.421. The van der Waals surface area contributed by atoms with E-state index < -0.39 is 47.5 Å². The molecule has 2 aliphatic heterocycles. The van der Waals surface area contributed by atoms with Crippen molar-refractivity contribution >= 4 is 143 Å². The van der Waals surface area contributed by atoms with Gasteiger partial charge in [0, 0.05) is 64.9 Å². The van der Waals surface area contributed by atoms with Gasteiger partial charge in [0.05, 0.1) is 0 Å². The molecule has 0 unspecified atom stereocenters. The molecule has 2 aliphatic rings. The average Bonchev–Trinajstić information content (AvgIpc) is 0.710. The molecule has 0 saturated carbocycles. The van der Waals surface area contributed by atoms with Crippen molar-refractivity contribution in [1.82, 2.24) is 0 Å². The standard InChI is InChI=1S/C47H48OP2.C39H32OP2.C36H28OP2/c1-45(2,3)33-29-39-43(41(31-33)49(35-21-13-9-14-22-35)36-23-15-10-16-24-36)48-44-40(47(39,7)8)30-34(46(4,5)6)32-42(44)50(37-25-17-11-18-26-37)38-27-19-12-20-28-38;1-39(2)33-25-15-27-35(41(29-17-7-3-8-18-29)30-19-9-4-10-20-30)37(33)40-38-34(39)26-16-28-36(38)42(31-21-11-5-12-22-31)32-23-13-6-14-24-32;1-5-17-29(18-6-1)38(30-19-7-2-8-20-30)35-27-15-13-25-33(35)37-34-26-14-16-28-36(34)39(31-21-9-3-10-22-31)32-23-11-4-12-24-32/h9-32H,1-8H3;3-28H,1-2H3;1-28H. The summed E-state index contributed by atoms with van der Waals surface area (Å²) in [5.74, 6) is 5.87. The molecule has 0 aliphatic carbocycles. The zero-order valence-corrected chi connectivity index (χ0v) is 81.3. The highest BCUT2D eigenvalue weighted by Crippen LogP contribution is 2.57.